The Balaban J connectivity index is 1.38. The van der Waals surface area contributed by atoms with Gasteiger partial charge in [-0.2, -0.15) is 0 Å². The summed E-state index contributed by atoms with van der Waals surface area (Å²) in [5.41, 5.74) is 0. The van der Waals surface area contributed by atoms with E-state index in [0.717, 1.165) is 29.6 Å². The predicted molar refractivity (Wildman–Crippen MR) is 96.9 cm³/mol. The lowest BCUT2D eigenvalue weighted by atomic mass is 9.65. The molecule has 0 nitrogen and oxygen atoms in total. The van der Waals surface area contributed by atoms with E-state index in [1.54, 1.807) is 51.4 Å². The smallest absolute Gasteiger partial charge is 0.0322 e. The molecule has 0 unspecified atom stereocenters. The van der Waals surface area contributed by atoms with Gasteiger partial charge in [0, 0.05) is 0 Å². The fourth-order valence-corrected chi connectivity index (χ4v) is 5.92. The highest BCUT2D eigenvalue weighted by Gasteiger charge is 2.33. The van der Waals surface area contributed by atoms with Crippen LogP contribution in [-0.2, 0) is 0 Å². The zero-order chi connectivity index (χ0) is 15.2. The van der Waals surface area contributed by atoms with E-state index in [-0.39, 0.29) is 0 Å². The average Bonchev–Trinajstić information content (AvgIpc) is 2.61. The standard InChI is InChI=1S/C22H38/c1-2-3-7-18-10-12-20(13-11-18)22-16-14-21(15-17-22)19-8-5-4-6-9-19/h2-3,18-22H,4-17H2,1H3/b3-2+. The normalized spacial score (nSPS) is 38.4. The van der Waals surface area contributed by atoms with Crippen LogP contribution in [0.4, 0.5) is 0 Å². The van der Waals surface area contributed by atoms with Crippen molar-refractivity contribution in [1.29, 1.82) is 0 Å². The number of hydrogen-bond acceptors (Lipinski definition) is 0. The van der Waals surface area contributed by atoms with Crippen LogP contribution in [0.15, 0.2) is 12.2 Å². The Bertz CT molecular complexity index is 320. The summed E-state index contributed by atoms with van der Waals surface area (Å²) in [6.45, 7) is 2.16. The topological polar surface area (TPSA) is 0 Å². The van der Waals surface area contributed by atoms with Crippen molar-refractivity contribution in [2.75, 3.05) is 0 Å². The molecule has 126 valence electrons. The van der Waals surface area contributed by atoms with E-state index in [9.17, 15) is 0 Å². The number of hydrogen-bond donors (Lipinski definition) is 0. The lowest BCUT2D eigenvalue weighted by molar-refractivity contribution is 0.113. The van der Waals surface area contributed by atoms with Crippen LogP contribution >= 0.6 is 0 Å². The van der Waals surface area contributed by atoms with Crippen molar-refractivity contribution >= 4 is 0 Å². The molecule has 0 aliphatic heterocycles. The van der Waals surface area contributed by atoms with Crippen LogP contribution in [0.5, 0.6) is 0 Å². The molecule has 0 aromatic heterocycles. The minimum atomic E-state index is 1.01. The Morgan fingerprint density at radius 3 is 1.55 bits per heavy atom. The summed E-state index contributed by atoms with van der Waals surface area (Å²) in [6.07, 6.45) is 26.1. The Hall–Kier alpha value is -0.260. The second kappa shape index (κ2) is 8.55. The summed E-state index contributed by atoms with van der Waals surface area (Å²) >= 11 is 0. The van der Waals surface area contributed by atoms with Crippen molar-refractivity contribution in [2.24, 2.45) is 29.6 Å². The molecule has 0 bridgehead atoms. The zero-order valence-electron chi connectivity index (χ0n) is 14.9. The van der Waals surface area contributed by atoms with Crippen LogP contribution in [0.3, 0.4) is 0 Å². The van der Waals surface area contributed by atoms with Crippen LogP contribution in [0.2, 0.25) is 0 Å². The highest BCUT2D eigenvalue weighted by atomic mass is 14.4. The summed E-state index contributed by atoms with van der Waals surface area (Å²) in [5, 5.41) is 0. The predicted octanol–water partition coefficient (Wildman–Crippen LogP) is 7.15. The maximum atomic E-state index is 2.39. The van der Waals surface area contributed by atoms with Crippen LogP contribution in [0, 0.1) is 29.6 Å². The largest absolute Gasteiger partial charge is 0.0917 e. The summed E-state index contributed by atoms with van der Waals surface area (Å²) < 4.78 is 0. The molecule has 22 heavy (non-hydrogen) atoms. The molecule has 0 N–H and O–H groups in total. The third-order valence-electron chi connectivity index (χ3n) is 7.40. The fourth-order valence-electron chi connectivity index (χ4n) is 5.92. The molecule has 0 heteroatoms. The highest BCUT2D eigenvalue weighted by Crippen LogP contribution is 2.45. The molecule has 0 atom stereocenters. The molecule has 0 aromatic rings. The first-order valence-corrected chi connectivity index (χ1v) is 10.5. The number of allylic oxidation sites excluding steroid dienone is 2. The quantitative estimate of drug-likeness (QED) is 0.484. The van der Waals surface area contributed by atoms with Crippen molar-refractivity contribution in [3.8, 4) is 0 Å². The Morgan fingerprint density at radius 2 is 1.05 bits per heavy atom. The second-order valence-corrected chi connectivity index (χ2v) is 8.66. The summed E-state index contributed by atoms with van der Waals surface area (Å²) in [7, 11) is 0. The molecule has 0 radical (unpaired) electrons. The molecule has 0 spiro atoms. The van der Waals surface area contributed by atoms with Gasteiger partial charge >= 0.3 is 0 Å². The molecule has 3 fully saturated rings. The van der Waals surface area contributed by atoms with E-state index in [2.05, 4.69) is 19.1 Å². The molecule has 0 heterocycles. The zero-order valence-corrected chi connectivity index (χ0v) is 14.9. The van der Waals surface area contributed by atoms with Gasteiger partial charge in [-0.25, -0.2) is 0 Å². The van der Waals surface area contributed by atoms with Crippen LogP contribution in [-0.4, -0.2) is 0 Å². The van der Waals surface area contributed by atoms with Gasteiger partial charge in [0.2, 0.25) is 0 Å². The highest BCUT2D eigenvalue weighted by molar-refractivity contribution is 4.87. The first-order chi connectivity index (χ1) is 10.9. The van der Waals surface area contributed by atoms with Crippen molar-refractivity contribution in [2.45, 2.75) is 96.8 Å². The van der Waals surface area contributed by atoms with E-state index >= 15 is 0 Å². The molecule has 3 aliphatic rings. The van der Waals surface area contributed by atoms with Gasteiger partial charge in [-0.3, -0.25) is 0 Å². The second-order valence-electron chi connectivity index (χ2n) is 8.66. The Kier molecular flexibility index (Phi) is 6.45. The van der Waals surface area contributed by atoms with E-state index in [4.69, 9.17) is 0 Å². The fraction of sp³-hybridized carbons (Fsp3) is 0.909. The van der Waals surface area contributed by atoms with Gasteiger partial charge < -0.3 is 0 Å². The maximum Gasteiger partial charge on any atom is -0.0322 e. The van der Waals surface area contributed by atoms with E-state index in [1.807, 2.05) is 0 Å². The average molecular weight is 303 g/mol. The maximum absolute atomic E-state index is 2.39. The summed E-state index contributed by atoms with van der Waals surface area (Å²) in [5.74, 6) is 5.43. The van der Waals surface area contributed by atoms with Crippen molar-refractivity contribution < 1.29 is 0 Å². The van der Waals surface area contributed by atoms with Gasteiger partial charge in [0.1, 0.15) is 0 Å². The molecular formula is C22H38. The van der Waals surface area contributed by atoms with Crippen molar-refractivity contribution in [3.05, 3.63) is 12.2 Å². The molecule has 3 aliphatic carbocycles. The number of rotatable bonds is 4. The lowest BCUT2D eigenvalue weighted by Gasteiger charge is -2.40. The lowest BCUT2D eigenvalue weighted by Crippen LogP contribution is -2.28. The molecule has 3 saturated carbocycles. The Labute approximate surface area is 139 Å². The van der Waals surface area contributed by atoms with Gasteiger partial charge in [0.05, 0.1) is 0 Å². The van der Waals surface area contributed by atoms with Gasteiger partial charge in [-0.1, -0.05) is 44.3 Å². The minimum absolute atomic E-state index is 1.01. The van der Waals surface area contributed by atoms with Gasteiger partial charge in [-0.15, -0.1) is 0 Å². The third-order valence-corrected chi connectivity index (χ3v) is 7.40. The van der Waals surface area contributed by atoms with Crippen LogP contribution < -0.4 is 0 Å². The van der Waals surface area contributed by atoms with Gasteiger partial charge in [0.15, 0.2) is 0 Å². The molecular weight excluding hydrogens is 264 g/mol. The SMILES string of the molecule is C/C=C/CC1CCC(C2CCC(C3CCCCC3)CC2)CC1. The van der Waals surface area contributed by atoms with E-state index < -0.39 is 0 Å². The first-order valence-electron chi connectivity index (χ1n) is 10.5. The molecule has 0 aromatic carbocycles. The van der Waals surface area contributed by atoms with E-state index in [1.165, 1.54) is 38.5 Å². The van der Waals surface area contributed by atoms with Gasteiger partial charge in [-0.05, 0) is 94.3 Å². The van der Waals surface area contributed by atoms with Crippen LogP contribution in [0.1, 0.15) is 96.8 Å². The van der Waals surface area contributed by atoms with E-state index in [0.29, 0.717) is 0 Å². The van der Waals surface area contributed by atoms with Crippen molar-refractivity contribution in [1.82, 2.24) is 0 Å². The summed E-state index contributed by atoms with van der Waals surface area (Å²) in [4.78, 5) is 0. The minimum Gasteiger partial charge on any atom is -0.0917 e. The molecule has 3 rings (SSSR count). The third kappa shape index (κ3) is 4.39. The monoisotopic (exact) mass is 302 g/mol. The Morgan fingerprint density at radius 1 is 0.591 bits per heavy atom. The van der Waals surface area contributed by atoms with Crippen LogP contribution in [0.25, 0.3) is 0 Å². The first kappa shape index (κ1) is 16.6. The summed E-state index contributed by atoms with van der Waals surface area (Å²) in [6, 6.07) is 0. The molecule has 0 saturated heterocycles. The molecule has 0 amide bonds. The van der Waals surface area contributed by atoms with Crippen molar-refractivity contribution in [3.63, 3.8) is 0 Å². The van der Waals surface area contributed by atoms with Gasteiger partial charge in [0.25, 0.3) is 0 Å².